The number of nitrogens with zero attached hydrogens (tertiary/aromatic N) is 1. The highest BCUT2D eigenvalue weighted by molar-refractivity contribution is 6.33. The van der Waals surface area contributed by atoms with Crippen LogP contribution in [0.15, 0.2) is 18.2 Å². The van der Waals surface area contributed by atoms with Gasteiger partial charge in [-0.15, -0.1) is 0 Å². The molecule has 0 atom stereocenters. The van der Waals surface area contributed by atoms with Gasteiger partial charge in [-0.3, -0.25) is 0 Å². The molecule has 6 heteroatoms. The van der Waals surface area contributed by atoms with E-state index in [1.807, 2.05) is 0 Å². The van der Waals surface area contributed by atoms with E-state index in [4.69, 9.17) is 11.6 Å². The molecule has 0 bridgehead atoms. The van der Waals surface area contributed by atoms with E-state index in [1.54, 1.807) is 12.1 Å². The van der Waals surface area contributed by atoms with Crippen molar-refractivity contribution in [2.75, 3.05) is 19.6 Å². The Bertz CT molecular complexity index is 477. The molecule has 0 aliphatic carbocycles. The molecule has 1 aliphatic rings. The van der Waals surface area contributed by atoms with Crippen molar-refractivity contribution in [1.82, 2.24) is 4.90 Å². The normalized spacial score (nSPS) is 19.0. The molecule has 1 aliphatic heterocycles. The van der Waals surface area contributed by atoms with Crippen molar-refractivity contribution in [2.24, 2.45) is 0 Å². The van der Waals surface area contributed by atoms with Crippen molar-refractivity contribution >= 4 is 11.6 Å². The van der Waals surface area contributed by atoms with Crippen LogP contribution in [0, 0.1) is 0 Å². The van der Waals surface area contributed by atoms with Crippen LogP contribution in [0.3, 0.4) is 0 Å². The minimum absolute atomic E-state index is 0.0734. The average Bonchev–Trinajstić information content (AvgIpc) is 2.43. The Labute approximate surface area is 128 Å². The average molecular weight is 320 g/mol. The van der Waals surface area contributed by atoms with E-state index in [9.17, 15) is 13.9 Å². The smallest absolute Gasteiger partial charge is 0.387 e. The highest BCUT2D eigenvalue weighted by atomic mass is 35.5. The van der Waals surface area contributed by atoms with Gasteiger partial charge in [0.1, 0.15) is 5.75 Å². The molecule has 0 unspecified atom stereocenters. The van der Waals surface area contributed by atoms with E-state index in [0.29, 0.717) is 18.4 Å². The molecule has 1 heterocycles. The Hall–Kier alpha value is -0.910. The molecule has 118 valence electrons. The first kappa shape index (κ1) is 16.5. The topological polar surface area (TPSA) is 32.7 Å². The summed E-state index contributed by atoms with van der Waals surface area (Å²) in [5.41, 5.74) is -0.610. The second-order valence-corrected chi connectivity index (χ2v) is 5.75. The SMILES string of the molecule is CCCN1CCC(O)(c2cccc(OC(F)F)c2Cl)CC1. The van der Waals surface area contributed by atoms with E-state index in [1.165, 1.54) is 6.07 Å². The lowest BCUT2D eigenvalue weighted by Gasteiger charge is -2.39. The molecule has 21 heavy (non-hydrogen) atoms. The monoisotopic (exact) mass is 319 g/mol. The summed E-state index contributed by atoms with van der Waals surface area (Å²) in [5.74, 6) is -0.0893. The van der Waals surface area contributed by atoms with Gasteiger partial charge in [0, 0.05) is 18.7 Å². The fourth-order valence-electron chi connectivity index (χ4n) is 2.79. The van der Waals surface area contributed by atoms with E-state index in [0.717, 1.165) is 26.1 Å². The van der Waals surface area contributed by atoms with Crippen LogP contribution in [-0.2, 0) is 5.60 Å². The Kier molecular flexibility index (Phi) is 5.41. The zero-order valence-electron chi connectivity index (χ0n) is 12.0. The van der Waals surface area contributed by atoms with Gasteiger partial charge in [-0.05, 0) is 31.9 Å². The summed E-state index contributed by atoms with van der Waals surface area (Å²) in [4.78, 5) is 2.28. The molecule has 0 aromatic heterocycles. The molecule has 3 nitrogen and oxygen atoms in total. The quantitative estimate of drug-likeness (QED) is 0.899. The van der Waals surface area contributed by atoms with Crippen LogP contribution in [0.4, 0.5) is 8.78 Å². The van der Waals surface area contributed by atoms with Crippen molar-refractivity contribution in [3.63, 3.8) is 0 Å². The van der Waals surface area contributed by atoms with Crippen LogP contribution in [0.25, 0.3) is 0 Å². The number of hydrogen-bond acceptors (Lipinski definition) is 3. The minimum atomic E-state index is -2.93. The number of hydrogen-bond donors (Lipinski definition) is 1. The van der Waals surface area contributed by atoms with Gasteiger partial charge in [-0.1, -0.05) is 30.7 Å². The lowest BCUT2D eigenvalue weighted by molar-refractivity contribution is -0.0510. The largest absolute Gasteiger partial charge is 0.433 e. The zero-order valence-corrected chi connectivity index (χ0v) is 12.7. The fraction of sp³-hybridized carbons (Fsp3) is 0.600. The number of halogens is 3. The second kappa shape index (κ2) is 6.90. The van der Waals surface area contributed by atoms with Gasteiger partial charge in [0.25, 0.3) is 0 Å². The Balaban J connectivity index is 2.18. The van der Waals surface area contributed by atoms with Gasteiger partial charge in [0.2, 0.25) is 0 Å². The lowest BCUT2D eigenvalue weighted by atomic mass is 9.84. The van der Waals surface area contributed by atoms with Crippen LogP contribution < -0.4 is 4.74 Å². The van der Waals surface area contributed by atoms with Gasteiger partial charge in [0.05, 0.1) is 10.6 Å². The van der Waals surface area contributed by atoms with E-state index >= 15 is 0 Å². The van der Waals surface area contributed by atoms with Crippen LogP contribution in [-0.4, -0.2) is 36.3 Å². The highest BCUT2D eigenvalue weighted by Gasteiger charge is 2.36. The van der Waals surface area contributed by atoms with Crippen LogP contribution in [0.1, 0.15) is 31.7 Å². The first-order valence-electron chi connectivity index (χ1n) is 7.15. The van der Waals surface area contributed by atoms with Crippen molar-refractivity contribution < 1.29 is 18.6 Å². The number of rotatable bonds is 5. The molecular weight excluding hydrogens is 300 g/mol. The van der Waals surface area contributed by atoms with Crippen molar-refractivity contribution in [3.8, 4) is 5.75 Å². The predicted molar refractivity (Wildman–Crippen MR) is 77.9 cm³/mol. The Morgan fingerprint density at radius 1 is 1.38 bits per heavy atom. The molecule has 0 spiro atoms. The molecule has 1 fully saturated rings. The number of ether oxygens (including phenoxy) is 1. The molecule has 0 saturated carbocycles. The molecule has 0 radical (unpaired) electrons. The maximum atomic E-state index is 12.4. The minimum Gasteiger partial charge on any atom is -0.433 e. The maximum Gasteiger partial charge on any atom is 0.387 e. The van der Waals surface area contributed by atoms with Gasteiger partial charge in [0.15, 0.2) is 0 Å². The van der Waals surface area contributed by atoms with Crippen molar-refractivity contribution in [1.29, 1.82) is 0 Å². The zero-order chi connectivity index (χ0) is 15.5. The molecule has 1 aromatic carbocycles. The molecule has 1 saturated heterocycles. The number of benzene rings is 1. The first-order chi connectivity index (χ1) is 9.96. The number of likely N-dealkylation sites (tertiary alicyclic amines) is 1. The summed E-state index contributed by atoms with van der Waals surface area (Å²) in [7, 11) is 0. The highest BCUT2D eigenvalue weighted by Crippen LogP contribution is 2.40. The number of alkyl halides is 2. The third-order valence-corrected chi connectivity index (χ3v) is 4.29. The van der Waals surface area contributed by atoms with E-state index in [-0.39, 0.29) is 10.8 Å². The molecule has 1 N–H and O–H groups in total. The summed E-state index contributed by atoms with van der Waals surface area (Å²) in [6.07, 6.45) is 2.13. The summed E-state index contributed by atoms with van der Waals surface area (Å²) in [5, 5.41) is 10.9. The molecule has 2 rings (SSSR count). The predicted octanol–water partition coefficient (Wildman–Crippen LogP) is 3.63. The van der Waals surface area contributed by atoms with Gasteiger partial charge in [-0.2, -0.15) is 8.78 Å². The fourth-order valence-corrected chi connectivity index (χ4v) is 3.14. The Morgan fingerprint density at radius 2 is 2.05 bits per heavy atom. The van der Waals surface area contributed by atoms with Gasteiger partial charge >= 0.3 is 6.61 Å². The van der Waals surface area contributed by atoms with E-state index in [2.05, 4.69) is 16.6 Å². The molecule has 0 amide bonds. The van der Waals surface area contributed by atoms with Crippen molar-refractivity contribution in [2.45, 2.75) is 38.4 Å². The van der Waals surface area contributed by atoms with Crippen molar-refractivity contribution in [3.05, 3.63) is 28.8 Å². The summed E-state index contributed by atoms with van der Waals surface area (Å²) >= 11 is 6.14. The number of aliphatic hydroxyl groups is 1. The third-order valence-electron chi connectivity index (χ3n) is 3.90. The Morgan fingerprint density at radius 3 is 2.62 bits per heavy atom. The van der Waals surface area contributed by atoms with Gasteiger partial charge in [-0.25, -0.2) is 0 Å². The first-order valence-corrected chi connectivity index (χ1v) is 7.52. The van der Waals surface area contributed by atoms with E-state index < -0.39 is 12.2 Å². The summed E-state index contributed by atoms with van der Waals surface area (Å²) in [6.45, 7) is 1.71. The summed E-state index contributed by atoms with van der Waals surface area (Å²) < 4.78 is 29.1. The lowest BCUT2D eigenvalue weighted by Crippen LogP contribution is -2.42. The third kappa shape index (κ3) is 3.84. The second-order valence-electron chi connectivity index (χ2n) is 5.37. The van der Waals surface area contributed by atoms with Crippen LogP contribution in [0.5, 0.6) is 5.75 Å². The number of piperidine rings is 1. The molecular formula is C15H20ClF2NO2. The standard InChI is InChI=1S/C15H20ClF2NO2/c1-2-8-19-9-6-15(20,7-10-19)11-4-3-5-12(13(11)16)21-14(17)18/h3-5,14,20H,2,6-10H2,1H3. The summed E-state index contributed by atoms with van der Waals surface area (Å²) in [6, 6.07) is 4.64. The molecule has 1 aromatic rings. The maximum absolute atomic E-state index is 12.4. The van der Waals surface area contributed by atoms with Crippen LogP contribution >= 0.6 is 11.6 Å². The van der Waals surface area contributed by atoms with Gasteiger partial charge < -0.3 is 14.7 Å². The van der Waals surface area contributed by atoms with Crippen LogP contribution in [0.2, 0.25) is 5.02 Å².